The summed E-state index contributed by atoms with van der Waals surface area (Å²) in [6, 6.07) is 5.87. The molecule has 0 aliphatic carbocycles. The molecule has 3 rings (SSSR count). The molecular weight excluding hydrogens is 339 g/mol. The Hall–Kier alpha value is -3.23. The first-order valence-electron chi connectivity index (χ1n) is 8.15. The Morgan fingerprint density at radius 1 is 1.19 bits per heavy atom. The van der Waals surface area contributed by atoms with Gasteiger partial charge in [-0.15, -0.1) is 0 Å². The molecule has 0 saturated heterocycles. The third-order valence-electron chi connectivity index (χ3n) is 4.04. The maximum atomic E-state index is 12.9. The Balaban J connectivity index is 2.05. The number of imidazole rings is 1. The molecule has 136 valence electrons. The summed E-state index contributed by atoms with van der Waals surface area (Å²) in [5, 5.41) is 4.11. The lowest BCUT2D eigenvalue weighted by Gasteiger charge is -2.07. The molecule has 0 atom stereocenters. The van der Waals surface area contributed by atoms with E-state index >= 15 is 0 Å². The van der Waals surface area contributed by atoms with Crippen LogP contribution in [-0.4, -0.2) is 24.9 Å². The van der Waals surface area contributed by atoms with E-state index < -0.39 is 11.2 Å². The van der Waals surface area contributed by atoms with Crippen molar-refractivity contribution in [2.75, 3.05) is 5.43 Å². The van der Waals surface area contributed by atoms with Crippen molar-refractivity contribution in [3.05, 3.63) is 56.5 Å². The highest BCUT2D eigenvalue weighted by atomic mass is 19.1. The van der Waals surface area contributed by atoms with Crippen LogP contribution in [0, 0.1) is 5.82 Å². The van der Waals surface area contributed by atoms with Gasteiger partial charge in [0.25, 0.3) is 5.56 Å². The van der Waals surface area contributed by atoms with Crippen LogP contribution in [0.5, 0.6) is 0 Å². The maximum Gasteiger partial charge on any atom is 0.332 e. The fourth-order valence-corrected chi connectivity index (χ4v) is 2.69. The van der Waals surface area contributed by atoms with Crippen LogP contribution in [-0.2, 0) is 20.6 Å². The summed E-state index contributed by atoms with van der Waals surface area (Å²) in [5.74, 6) is 0.0371. The van der Waals surface area contributed by atoms with E-state index in [1.54, 1.807) is 23.7 Å². The highest BCUT2D eigenvalue weighted by Crippen LogP contribution is 2.16. The van der Waals surface area contributed by atoms with Crippen LogP contribution in [0.25, 0.3) is 11.2 Å². The number of rotatable bonds is 5. The van der Waals surface area contributed by atoms with Gasteiger partial charge in [-0.2, -0.15) is 10.1 Å². The number of aromatic nitrogens is 4. The Bertz CT molecular complexity index is 1090. The first-order chi connectivity index (χ1) is 12.4. The number of nitrogens with zero attached hydrogens (tertiary/aromatic N) is 5. The molecule has 0 radical (unpaired) electrons. The first-order valence-corrected chi connectivity index (χ1v) is 8.15. The number of fused-ring (bicyclic) bond motifs is 1. The summed E-state index contributed by atoms with van der Waals surface area (Å²) in [6.45, 7) is 2.52. The Kier molecular flexibility index (Phi) is 4.70. The van der Waals surface area contributed by atoms with Crippen molar-refractivity contribution in [1.82, 2.24) is 18.7 Å². The molecule has 0 fully saturated rings. The molecule has 1 aromatic carbocycles. The van der Waals surface area contributed by atoms with Crippen molar-refractivity contribution in [1.29, 1.82) is 0 Å². The summed E-state index contributed by atoms with van der Waals surface area (Å²) < 4.78 is 17.0. The second-order valence-electron chi connectivity index (χ2n) is 5.89. The smallest absolute Gasteiger partial charge is 0.303 e. The minimum Gasteiger partial charge on any atom is -0.303 e. The number of hydrazone groups is 1. The summed E-state index contributed by atoms with van der Waals surface area (Å²) in [4.78, 5) is 29.0. The van der Waals surface area contributed by atoms with Crippen LogP contribution in [0.2, 0.25) is 0 Å². The average Bonchev–Trinajstić information content (AvgIpc) is 2.99. The quantitative estimate of drug-likeness (QED) is 0.552. The molecule has 0 aliphatic rings. The number of anilines is 1. The second-order valence-corrected chi connectivity index (χ2v) is 5.89. The van der Waals surface area contributed by atoms with Crippen LogP contribution in [0.15, 0.2) is 39.0 Å². The van der Waals surface area contributed by atoms with Gasteiger partial charge in [-0.1, -0.05) is 19.1 Å². The topological polar surface area (TPSA) is 86.2 Å². The number of benzene rings is 1. The molecule has 3 aromatic rings. The molecular formula is C17H19FN6O2. The summed E-state index contributed by atoms with van der Waals surface area (Å²) >= 11 is 0. The average molecular weight is 358 g/mol. The number of halogens is 1. The van der Waals surface area contributed by atoms with E-state index in [9.17, 15) is 14.0 Å². The Morgan fingerprint density at radius 2 is 1.88 bits per heavy atom. The Labute approximate surface area is 148 Å². The molecule has 26 heavy (non-hydrogen) atoms. The zero-order valence-corrected chi connectivity index (χ0v) is 14.7. The van der Waals surface area contributed by atoms with Gasteiger partial charge < -0.3 is 4.57 Å². The molecule has 8 nitrogen and oxygen atoms in total. The fraction of sp³-hybridized carbons (Fsp3) is 0.294. The lowest BCUT2D eigenvalue weighted by Crippen LogP contribution is -2.37. The van der Waals surface area contributed by atoms with Crippen molar-refractivity contribution in [3.63, 3.8) is 0 Å². The molecule has 0 spiro atoms. The van der Waals surface area contributed by atoms with Gasteiger partial charge in [-0.25, -0.2) is 14.6 Å². The molecule has 1 N–H and O–H groups in total. The second kappa shape index (κ2) is 6.95. The fourth-order valence-electron chi connectivity index (χ4n) is 2.69. The van der Waals surface area contributed by atoms with Gasteiger partial charge in [-0.05, 0) is 24.1 Å². The van der Waals surface area contributed by atoms with Gasteiger partial charge in [0.2, 0.25) is 5.95 Å². The molecule has 0 aliphatic heterocycles. The largest absolute Gasteiger partial charge is 0.332 e. The standard InChI is InChI=1S/C17H19FN6O2/c1-4-9-24-13-14(22(2)17(26)23(3)15(13)25)20-16(24)21-19-10-11-5-7-12(18)8-6-11/h5-8,10H,4,9H2,1-3H3,(H,20,21)/b19-10+. The molecule has 0 bridgehead atoms. The van der Waals surface area contributed by atoms with E-state index in [4.69, 9.17) is 0 Å². The van der Waals surface area contributed by atoms with Crippen molar-refractivity contribution >= 4 is 23.3 Å². The predicted octanol–water partition coefficient (Wildman–Crippen LogP) is 1.43. The molecule has 0 unspecified atom stereocenters. The van der Waals surface area contributed by atoms with Gasteiger partial charge in [0.05, 0.1) is 6.21 Å². The molecule has 0 saturated carbocycles. The highest BCUT2D eigenvalue weighted by Gasteiger charge is 2.18. The van der Waals surface area contributed by atoms with Crippen molar-refractivity contribution in [2.24, 2.45) is 19.2 Å². The van der Waals surface area contributed by atoms with E-state index in [-0.39, 0.29) is 5.82 Å². The third-order valence-corrected chi connectivity index (χ3v) is 4.04. The van der Waals surface area contributed by atoms with Crippen LogP contribution in [0.4, 0.5) is 10.3 Å². The number of nitrogens with one attached hydrogen (secondary N) is 1. The van der Waals surface area contributed by atoms with Gasteiger partial charge in [0.15, 0.2) is 11.2 Å². The minimum atomic E-state index is -0.440. The lowest BCUT2D eigenvalue weighted by molar-refractivity contribution is 0.628. The van der Waals surface area contributed by atoms with Gasteiger partial charge in [0.1, 0.15) is 5.82 Å². The number of hydrogen-bond acceptors (Lipinski definition) is 5. The number of aryl methyl sites for hydroxylation is 2. The Morgan fingerprint density at radius 3 is 2.54 bits per heavy atom. The summed E-state index contributed by atoms with van der Waals surface area (Å²) in [5.41, 5.74) is 3.31. The van der Waals surface area contributed by atoms with E-state index in [0.717, 1.165) is 11.0 Å². The van der Waals surface area contributed by atoms with Gasteiger partial charge in [-0.3, -0.25) is 13.9 Å². The number of hydrogen-bond donors (Lipinski definition) is 1. The molecule has 2 heterocycles. The van der Waals surface area contributed by atoms with Crippen LogP contribution in [0.3, 0.4) is 0 Å². The molecule has 2 aromatic heterocycles. The summed E-state index contributed by atoms with van der Waals surface area (Å²) in [7, 11) is 3.01. The highest BCUT2D eigenvalue weighted by molar-refractivity contribution is 5.80. The SMILES string of the molecule is CCCn1c(N/N=C/c2ccc(F)cc2)nc2c1c(=O)n(C)c(=O)n2C. The zero-order chi connectivity index (χ0) is 18.8. The lowest BCUT2D eigenvalue weighted by atomic mass is 10.2. The van der Waals surface area contributed by atoms with Crippen molar-refractivity contribution < 1.29 is 4.39 Å². The van der Waals surface area contributed by atoms with E-state index in [2.05, 4.69) is 15.5 Å². The molecule has 9 heteroatoms. The monoisotopic (exact) mass is 358 g/mol. The maximum absolute atomic E-state index is 12.9. The zero-order valence-electron chi connectivity index (χ0n) is 14.7. The van der Waals surface area contributed by atoms with Gasteiger partial charge in [0, 0.05) is 20.6 Å². The van der Waals surface area contributed by atoms with Crippen LogP contribution < -0.4 is 16.7 Å². The van der Waals surface area contributed by atoms with Crippen molar-refractivity contribution in [3.8, 4) is 0 Å². The van der Waals surface area contributed by atoms with E-state index in [1.807, 2.05) is 6.92 Å². The van der Waals surface area contributed by atoms with E-state index in [0.29, 0.717) is 29.2 Å². The third kappa shape index (κ3) is 3.03. The van der Waals surface area contributed by atoms with Crippen molar-refractivity contribution in [2.45, 2.75) is 19.9 Å². The van der Waals surface area contributed by atoms with E-state index in [1.165, 1.54) is 30.0 Å². The first kappa shape index (κ1) is 17.6. The van der Waals surface area contributed by atoms with Crippen LogP contribution >= 0.6 is 0 Å². The predicted molar refractivity (Wildman–Crippen MR) is 98.1 cm³/mol. The normalized spacial score (nSPS) is 11.5. The van der Waals surface area contributed by atoms with Gasteiger partial charge >= 0.3 is 5.69 Å². The van der Waals surface area contributed by atoms with Crippen LogP contribution in [0.1, 0.15) is 18.9 Å². The molecule has 0 amide bonds. The summed E-state index contributed by atoms with van der Waals surface area (Å²) in [6.07, 6.45) is 2.29. The minimum absolute atomic E-state index is 0.297.